The maximum atomic E-state index is 12.6. The van der Waals surface area contributed by atoms with E-state index in [1.165, 1.54) is 18.7 Å². The zero-order valence-electron chi connectivity index (χ0n) is 16.8. The molecule has 3 rings (SSSR count). The summed E-state index contributed by atoms with van der Waals surface area (Å²) in [6.07, 6.45) is 0. The van der Waals surface area contributed by atoms with Gasteiger partial charge < -0.3 is 15.4 Å². The number of aromatic nitrogens is 3. The van der Waals surface area contributed by atoms with Crippen molar-refractivity contribution in [3.63, 3.8) is 0 Å². The Morgan fingerprint density at radius 2 is 1.83 bits per heavy atom. The number of para-hydroxylation sites is 2. The number of hydrogen-bond acceptors (Lipinski definition) is 6. The van der Waals surface area contributed by atoms with Gasteiger partial charge in [0.2, 0.25) is 5.91 Å². The summed E-state index contributed by atoms with van der Waals surface area (Å²) < 4.78 is 6.55. The van der Waals surface area contributed by atoms with Crippen molar-refractivity contribution in [1.82, 2.24) is 15.0 Å². The van der Waals surface area contributed by atoms with Crippen LogP contribution in [0.2, 0.25) is 0 Å². The van der Waals surface area contributed by atoms with Crippen molar-refractivity contribution in [2.24, 2.45) is 0 Å². The number of nitrogens with one attached hydrogen (secondary N) is 2. The van der Waals surface area contributed by atoms with Crippen LogP contribution in [0.3, 0.4) is 0 Å². The first-order valence-electron chi connectivity index (χ1n) is 9.14. The number of benzene rings is 2. The lowest BCUT2D eigenvalue weighted by Crippen LogP contribution is -2.21. The number of Topliss-reactive ketones (excluding diaryl/α,β-unsaturated/α-hetero) is 1. The van der Waals surface area contributed by atoms with E-state index >= 15 is 0 Å². The second kappa shape index (κ2) is 8.99. The molecule has 30 heavy (non-hydrogen) atoms. The van der Waals surface area contributed by atoms with Crippen LogP contribution in [0.5, 0.6) is 5.75 Å². The van der Waals surface area contributed by atoms with Crippen LogP contribution in [0.25, 0.3) is 0 Å². The topological polar surface area (TPSA) is 115 Å². The Bertz CT molecular complexity index is 1110. The molecule has 0 aliphatic carbocycles. The summed E-state index contributed by atoms with van der Waals surface area (Å²) in [4.78, 5) is 36.4. The molecule has 1 heterocycles. The Morgan fingerprint density at radius 1 is 1.07 bits per heavy atom. The van der Waals surface area contributed by atoms with E-state index in [0.717, 1.165) is 0 Å². The van der Waals surface area contributed by atoms with Gasteiger partial charge in [0.15, 0.2) is 11.5 Å². The molecule has 0 unspecified atom stereocenters. The first-order chi connectivity index (χ1) is 14.4. The van der Waals surface area contributed by atoms with Gasteiger partial charge in [-0.2, -0.15) is 0 Å². The van der Waals surface area contributed by atoms with E-state index in [1.807, 2.05) is 0 Å². The minimum absolute atomic E-state index is 0.0936. The molecule has 0 radical (unpaired) electrons. The number of carbonyl (C=O) groups is 3. The van der Waals surface area contributed by atoms with E-state index in [9.17, 15) is 14.4 Å². The molecule has 0 bridgehead atoms. The molecule has 0 fully saturated rings. The van der Waals surface area contributed by atoms with Crippen LogP contribution in [-0.2, 0) is 11.3 Å². The molecule has 2 amide bonds. The second-order valence-electron chi connectivity index (χ2n) is 6.52. The molecule has 0 atom stereocenters. The highest BCUT2D eigenvalue weighted by Crippen LogP contribution is 2.23. The quantitative estimate of drug-likeness (QED) is 0.582. The van der Waals surface area contributed by atoms with E-state index in [2.05, 4.69) is 20.9 Å². The van der Waals surface area contributed by atoms with Crippen LogP contribution in [0.4, 0.5) is 11.4 Å². The SMILES string of the molecule is COc1ccccc1NC(=O)c1nnn(CC(=O)Nc2cccc(C(C)=O)c2)c1C. The summed E-state index contributed by atoms with van der Waals surface area (Å²) in [7, 11) is 1.51. The van der Waals surface area contributed by atoms with E-state index < -0.39 is 5.91 Å². The van der Waals surface area contributed by atoms with Gasteiger partial charge in [0, 0.05) is 11.3 Å². The summed E-state index contributed by atoms with van der Waals surface area (Å²) in [5.41, 5.74) is 2.05. The molecular formula is C21H21N5O4. The fraction of sp³-hybridized carbons (Fsp3) is 0.190. The number of hydrogen-bond donors (Lipinski definition) is 2. The molecule has 0 saturated carbocycles. The third kappa shape index (κ3) is 4.69. The van der Waals surface area contributed by atoms with Gasteiger partial charge in [-0.25, -0.2) is 4.68 Å². The lowest BCUT2D eigenvalue weighted by Gasteiger charge is -2.09. The number of ketones is 1. The summed E-state index contributed by atoms with van der Waals surface area (Å²) in [5, 5.41) is 13.2. The molecule has 9 heteroatoms. The first kappa shape index (κ1) is 20.7. The van der Waals surface area contributed by atoms with Gasteiger partial charge in [-0.1, -0.05) is 29.5 Å². The minimum atomic E-state index is -0.460. The monoisotopic (exact) mass is 407 g/mol. The third-order valence-corrected chi connectivity index (χ3v) is 4.40. The average molecular weight is 407 g/mol. The number of ether oxygens (including phenoxy) is 1. The van der Waals surface area contributed by atoms with Gasteiger partial charge in [0.05, 0.1) is 18.5 Å². The Labute approximate surface area is 173 Å². The van der Waals surface area contributed by atoms with Crippen LogP contribution in [0, 0.1) is 6.92 Å². The fourth-order valence-electron chi connectivity index (χ4n) is 2.80. The van der Waals surface area contributed by atoms with Crippen LogP contribution in [-0.4, -0.2) is 39.7 Å². The highest BCUT2D eigenvalue weighted by Gasteiger charge is 2.19. The Morgan fingerprint density at radius 3 is 2.57 bits per heavy atom. The average Bonchev–Trinajstić information content (AvgIpc) is 3.08. The molecule has 1 aromatic heterocycles. The highest BCUT2D eigenvalue weighted by molar-refractivity contribution is 6.04. The van der Waals surface area contributed by atoms with E-state index in [0.29, 0.717) is 28.4 Å². The van der Waals surface area contributed by atoms with Crippen LogP contribution < -0.4 is 15.4 Å². The standard InChI is InChI=1S/C21H21N5O4/c1-13-20(21(29)23-17-9-4-5-10-18(17)30-3)24-25-26(13)12-19(28)22-16-8-6-7-15(11-16)14(2)27/h4-11H,12H2,1-3H3,(H,22,28)(H,23,29). The van der Waals surface area contributed by atoms with Crippen molar-refractivity contribution in [3.05, 3.63) is 65.5 Å². The second-order valence-corrected chi connectivity index (χ2v) is 6.52. The van der Waals surface area contributed by atoms with Gasteiger partial charge in [0.1, 0.15) is 12.3 Å². The molecule has 0 aliphatic heterocycles. The van der Waals surface area contributed by atoms with Crippen LogP contribution in [0.15, 0.2) is 48.5 Å². The van der Waals surface area contributed by atoms with Crippen LogP contribution in [0.1, 0.15) is 33.5 Å². The van der Waals surface area contributed by atoms with E-state index in [-0.39, 0.29) is 23.9 Å². The summed E-state index contributed by atoms with van der Waals surface area (Å²) in [5.74, 6) is -0.398. The maximum Gasteiger partial charge on any atom is 0.278 e. The lowest BCUT2D eigenvalue weighted by molar-refractivity contribution is -0.117. The van der Waals surface area contributed by atoms with Crippen molar-refractivity contribution < 1.29 is 19.1 Å². The maximum absolute atomic E-state index is 12.6. The molecule has 2 aromatic carbocycles. The van der Waals surface area contributed by atoms with Crippen molar-refractivity contribution in [2.45, 2.75) is 20.4 Å². The number of carbonyl (C=O) groups excluding carboxylic acids is 3. The number of anilines is 2. The molecule has 9 nitrogen and oxygen atoms in total. The van der Waals surface area contributed by atoms with Crippen molar-refractivity contribution in [3.8, 4) is 5.75 Å². The van der Waals surface area contributed by atoms with E-state index in [1.54, 1.807) is 55.5 Å². The Kier molecular flexibility index (Phi) is 6.21. The minimum Gasteiger partial charge on any atom is -0.495 e. The van der Waals surface area contributed by atoms with Gasteiger partial charge in [-0.15, -0.1) is 5.10 Å². The Hall–Kier alpha value is -4.01. The number of amides is 2. The summed E-state index contributed by atoms with van der Waals surface area (Å²) in [6, 6.07) is 13.6. The number of methoxy groups -OCH3 is 1. The van der Waals surface area contributed by atoms with Gasteiger partial charge in [0.25, 0.3) is 5.91 Å². The number of nitrogens with zero attached hydrogens (tertiary/aromatic N) is 3. The van der Waals surface area contributed by atoms with Gasteiger partial charge >= 0.3 is 0 Å². The fourth-order valence-corrected chi connectivity index (χ4v) is 2.80. The lowest BCUT2D eigenvalue weighted by atomic mass is 10.1. The predicted octanol–water partition coefficient (Wildman–Crippen LogP) is 2.69. The van der Waals surface area contributed by atoms with Gasteiger partial charge in [-0.3, -0.25) is 14.4 Å². The zero-order valence-corrected chi connectivity index (χ0v) is 16.8. The molecule has 0 aliphatic rings. The smallest absolute Gasteiger partial charge is 0.278 e. The molecule has 2 N–H and O–H groups in total. The summed E-state index contributed by atoms with van der Waals surface area (Å²) >= 11 is 0. The zero-order chi connectivity index (χ0) is 21.7. The molecule has 0 saturated heterocycles. The largest absolute Gasteiger partial charge is 0.495 e. The first-order valence-corrected chi connectivity index (χ1v) is 9.14. The molecule has 0 spiro atoms. The predicted molar refractivity (Wildman–Crippen MR) is 111 cm³/mol. The third-order valence-electron chi connectivity index (χ3n) is 4.40. The van der Waals surface area contributed by atoms with Crippen LogP contribution >= 0.6 is 0 Å². The normalized spacial score (nSPS) is 10.4. The molecule has 154 valence electrons. The van der Waals surface area contributed by atoms with Crippen molar-refractivity contribution in [1.29, 1.82) is 0 Å². The van der Waals surface area contributed by atoms with E-state index in [4.69, 9.17) is 4.74 Å². The summed E-state index contributed by atoms with van der Waals surface area (Å²) in [6.45, 7) is 2.98. The number of rotatable bonds is 7. The van der Waals surface area contributed by atoms with Crippen molar-refractivity contribution >= 4 is 29.0 Å². The highest BCUT2D eigenvalue weighted by atomic mass is 16.5. The molecular weight excluding hydrogens is 386 g/mol. The van der Waals surface area contributed by atoms with Gasteiger partial charge in [-0.05, 0) is 38.1 Å². The molecule has 3 aromatic rings. The van der Waals surface area contributed by atoms with Crippen molar-refractivity contribution in [2.75, 3.05) is 17.7 Å². The Balaban J connectivity index is 1.69.